The predicted molar refractivity (Wildman–Crippen MR) is 94.7 cm³/mol. The Morgan fingerprint density at radius 3 is 2.57 bits per heavy atom. The van der Waals surface area contributed by atoms with Crippen LogP contribution in [-0.4, -0.2) is 23.2 Å². The quantitative estimate of drug-likeness (QED) is 0.726. The van der Waals surface area contributed by atoms with Crippen LogP contribution in [0, 0.1) is 0 Å². The maximum absolute atomic E-state index is 11.2. The molecular formula is C17H13Br2NO3. The second-order valence-electron chi connectivity index (χ2n) is 5.23. The van der Waals surface area contributed by atoms with Gasteiger partial charge >= 0.3 is 0 Å². The number of oxime groups is 1. The van der Waals surface area contributed by atoms with Crippen molar-refractivity contribution in [2.45, 2.75) is 18.6 Å². The number of aliphatic hydroxyl groups excluding tert-OH is 1. The fourth-order valence-electron chi connectivity index (χ4n) is 2.49. The summed E-state index contributed by atoms with van der Waals surface area (Å²) in [5.41, 5.74) is 2.71. The van der Waals surface area contributed by atoms with E-state index in [0.29, 0.717) is 17.5 Å². The highest BCUT2D eigenvalue weighted by Crippen LogP contribution is 2.31. The Morgan fingerprint density at radius 1 is 1.17 bits per heavy atom. The molecule has 118 valence electrons. The van der Waals surface area contributed by atoms with Gasteiger partial charge in [-0.1, -0.05) is 55.2 Å². The topological polar surface area (TPSA) is 58.9 Å². The number of halogens is 2. The number of aliphatic hydroxyl groups is 1. The molecule has 1 heterocycles. The number of benzene rings is 2. The van der Waals surface area contributed by atoms with E-state index in [2.05, 4.69) is 37.0 Å². The van der Waals surface area contributed by atoms with Crippen molar-refractivity contribution >= 4 is 43.9 Å². The molecule has 3 rings (SSSR count). The molecule has 1 aliphatic heterocycles. The molecular weight excluding hydrogens is 426 g/mol. The highest BCUT2D eigenvalue weighted by Gasteiger charge is 2.31. The lowest BCUT2D eigenvalue weighted by atomic mass is 9.95. The molecule has 0 amide bonds. The lowest BCUT2D eigenvalue weighted by Gasteiger charge is -2.18. The van der Waals surface area contributed by atoms with E-state index in [0.717, 1.165) is 26.5 Å². The van der Waals surface area contributed by atoms with Gasteiger partial charge in [0.15, 0.2) is 6.10 Å². The van der Waals surface area contributed by atoms with Crippen molar-refractivity contribution < 1.29 is 14.7 Å². The smallest absolute Gasteiger partial charge is 0.163 e. The summed E-state index contributed by atoms with van der Waals surface area (Å²) < 4.78 is 1.78. The summed E-state index contributed by atoms with van der Waals surface area (Å²) in [7, 11) is 0. The first-order valence-electron chi connectivity index (χ1n) is 7.00. The average Bonchev–Trinajstić information content (AvgIpc) is 3.04. The molecule has 0 radical (unpaired) electrons. The third-order valence-corrected chi connectivity index (χ3v) is 4.74. The van der Waals surface area contributed by atoms with E-state index in [1.807, 2.05) is 24.3 Å². The van der Waals surface area contributed by atoms with Gasteiger partial charge < -0.3 is 9.94 Å². The predicted octanol–water partition coefficient (Wildman–Crippen LogP) is 4.25. The number of aldehydes is 1. The monoisotopic (exact) mass is 437 g/mol. The maximum atomic E-state index is 11.2. The van der Waals surface area contributed by atoms with E-state index < -0.39 is 12.2 Å². The van der Waals surface area contributed by atoms with Crippen LogP contribution < -0.4 is 0 Å². The first-order chi connectivity index (χ1) is 11.1. The van der Waals surface area contributed by atoms with Crippen molar-refractivity contribution in [2.75, 3.05) is 0 Å². The molecule has 0 spiro atoms. The number of nitrogens with zero attached hydrogens (tertiary/aromatic N) is 1. The van der Waals surface area contributed by atoms with Crippen molar-refractivity contribution in [3.8, 4) is 0 Å². The van der Waals surface area contributed by atoms with Gasteiger partial charge in [0.05, 0.1) is 5.71 Å². The van der Waals surface area contributed by atoms with E-state index in [1.165, 1.54) is 0 Å². The van der Waals surface area contributed by atoms with Crippen LogP contribution in [0.4, 0.5) is 0 Å². The first kappa shape index (κ1) is 16.4. The number of hydrogen-bond acceptors (Lipinski definition) is 4. The summed E-state index contributed by atoms with van der Waals surface area (Å²) in [4.78, 5) is 16.6. The van der Waals surface area contributed by atoms with Crippen LogP contribution in [0.1, 0.15) is 34.0 Å². The molecule has 0 saturated carbocycles. The zero-order chi connectivity index (χ0) is 16.4. The molecule has 2 aromatic carbocycles. The molecule has 2 unspecified atom stereocenters. The van der Waals surface area contributed by atoms with Gasteiger partial charge in [0.1, 0.15) is 12.4 Å². The summed E-state index contributed by atoms with van der Waals surface area (Å²) in [6.07, 6.45) is -0.227. The third kappa shape index (κ3) is 3.54. The molecule has 6 heteroatoms. The molecule has 23 heavy (non-hydrogen) atoms. The normalized spacial score (nSPS) is 18.2. The Kier molecular flexibility index (Phi) is 4.94. The highest BCUT2D eigenvalue weighted by molar-refractivity contribution is 9.10. The molecule has 4 nitrogen and oxygen atoms in total. The van der Waals surface area contributed by atoms with Crippen LogP contribution in [0.2, 0.25) is 0 Å². The Morgan fingerprint density at radius 2 is 1.87 bits per heavy atom. The second kappa shape index (κ2) is 6.95. The zero-order valence-corrected chi connectivity index (χ0v) is 15.1. The van der Waals surface area contributed by atoms with Crippen LogP contribution in [-0.2, 0) is 4.84 Å². The Bertz CT molecular complexity index is 759. The van der Waals surface area contributed by atoms with Crippen LogP contribution in [0.25, 0.3) is 0 Å². The Labute approximate surface area is 150 Å². The summed E-state index contributed by atoms with van der Waals surface area (Å²) in [6, 6.07) is 12.9. The third-order valence-electron chi connectivity index (χ3n) is 3.72. The lowest BCUT2D eigenvalue weighted by Crippen LogP contribution is -2.20. The van der Waals surface area contributed by atoms with Crippen LogP contribution in [0.15, 0.2) is 56.6 Å². The van der Waals surface area contributed by atoms with Crippen molar-refractivity contribution in [3.05, 3.63) is 68.1 Å². The maximum Gasteiger partial charge on any atom is 0.163 e. The first-order valence-corrected chi connectivity index (χ1v) is 8.58. The van der Waals surface area contributed by atoms with Gasteiger partial charge in [-0.25, -0.2) is 0 Å². The standard InChI is InChI=1S/C17H13Br2NO3/c18-12-4-1-10(2-5-12)15-8-16(23-20-15)17(22)14-7-13(19)6-3-11(14)9-21/h1-7,9,16-17,22H,8H2. The largest absolute Gasteiger partial charge is 0.389 e. The average molecular weight is 439 g/mol. The van der Waals surface area contributed by atoms with Crippen molar-refractivity contribution in [2.24, 2.45) is 5.16 Å². The number of hydrogen-bond donors (Lipinski definition) is 1. The van der Waals surface area contributed by atoms with E-state index in [1.54, 1.807) is 18.2 Å². The fourth-order valence-corrected chi connectivity index (χ4v) is 3.13. The van der Waals surface area contributed by atoms with Crippen LogP contribution in [0.3, 0.4) is 0 Å². The minimum absolute atomic E-state index is 0.446. The number of carbonyl (C=O) groups excluding carboxylic acids is 1. The van der Waals surface area contributed by atoms with Crippen molar-refractivity contribution in [1.82, 2.24) is 0 Å². The van der Waals surface area contributed by atoms with Crippen LogP contribution >= 0.6 is 31.9 Å². The molecule has 1 N–H and O–H groups in total. The SMILES string of the molecule is O=Cc1ccc(Br)cc1C(O)C1CC(c2ccc(Br)cc2)=NO1. The lowest BCUT2D eigenvalue weighted by molar-refractivity contribution is -0.0185. The molecule has 0 bridgehead atoms. The fraction of sp³-hybridized carbons (Fsp3) is 0.176. The van der Waals surface area contributed by atoms with Gasteiger partial charge in [-0.3, -0.25) is 4.79 Å². The van der Waals surface area contributed by atoms with E-state index in [-0.39, 0.29) is 0 Å². The van der Waals surface area contributed by atoms with Gasteiger partial charge in [-0.15, -0.1) is 0 Å². The highest BCUT2D eigenvalue weighted by atomic mass is 79.9. The minimum Gasteiger partial charge on any atom is -0.389 e. The van der Waals surface area contributed by atoms with E-state index >= 15 is 0 Å². The molecule has 0 aliphatic carbocycles. The molecule has 0 aromatic heterocycles. The van der Waals surface area contributed by atoms with E-state index in [9.17, 15) is 9.90 Å². The van der Waals surface area contributed by atoms with Crippen molar-refractivity contribution in [1.29, 1.82) is 0 Å². The Balaban J connectivity index is 1.79. The summed E-state index contributed by atoms with van der Waals surface area (Å²) in [5.74, 6) is 0. The summed E-state index contributed by atoms with van der Waals surface area (Å²) >= 11 is 6.75. The molecule has 1 aliphatic rings. The van der Waals surface area contributed by atoms with Gasteiger partial charge in [0.2, 0.25) is 0 Å². The molecule has 0 saturated heterocycles. The van der Waals surface area contributed by atoms with Gasteiger partial charge in [-0.2, -0.15) is 0 Å². The minimum atomic E-state index is -0.926. The second-order valence-corrected chi connectivity index (χ2v) is 7.06. The summed E-state index contributed by atoms with van der Waals surface area (Å²) in [5, 5.41) is 14.7. The van der Waals surface area contributed by atoms with Crippen LogP contribution in [0.5, 0.6) is 0 Å². The van der Waals surface area contributed by atoms with Crippen molar-refractivity contribution in [3.63, 3.8) is 0 Å². The molecule has 2 atom stereocenters. The molecule has 2 aromatic rings. The Hall–Kier alpha value is -1.50. The molecule has 0 fully saturated rings. The van der Waals surface area contributed by atoms with E-state index in [4.69, 9.17) is 4.84 Å². The zero-order valence-electron chi connectivity index (χ0n) is 11.9. The van der Waals surface area contributed by atoms with Gasteiger partial charge in [0.25, 0.3) is 0 Å². The number of rotatable bonds is 4. The van der Waals surface area contributed by atoms with Gasteiger partial charge in [0, 0.05) is 20.9 Å². The summed E-state index contributed by atoms with van der Waals surface area (Å²) in [6.45, 7) is 0. The number of carbonyl (C=O) groups is 1. The van der Waals surface area contributed by atoms with Gasteiger partial charge in [-0.05, 0) is 35.4 Å².